The number of esters is 1. The first kappa shape index (κ1) is 29.8. The van der Waals surface area contributed by atoms with Gasteiger partial charge < -0.3 is 10.5 Å². The second-order valence-corrected chi connectivity index (χ2v) is 12.7. The third-order valence-electron chi connectivity index (χ3n) is 6.96. The molecule has 1 saturated carbocycles. The van der Waals surface area contributed by atoms with E-state index in [1.165, 1.54) is 0 Å². The highest BCUT2D eigenvalue weighted by Crippen LogP contribution is 2.35. The zero-order valence-electron chi connectivity index (χ0n) is 21.5. The lowest BCUT2D eigenvalue weighted by atomic mass is 9.78. The number of rotatable bonds is 10. The summed E-state index contributed by atoms with van der Waals surface area (Å²) in [5.41, 5.74) is 4.64. The van der Waals surface area contributed by atoms with Crippen molar-refractivity contribution in [2.24, 2.45) is 17.6 Å². The maximum atomic E-state index is 13.2. The van der Waals surface area contributed by atoms with Gasteiger partial charge in [0.2, 0.25) is 0 Å². The molecule has 0 spiro atoms. The molecule has 1 aliphatic rings. The van der Waals surface area contributed by atoms with Gasteiger partial charge in [-0.25, -0.2) is 8.42 Å². The van der Waals surface area contributed by atoms with E-state index in [1.54, 1.807) is 13.8 Å². The Kier molecular flexibility index (Phi) is 9.41. The van der Waals surface area contributed by atoms with Gasteiger partial charge in [-0.1, -0.05) is 30.3 Å². The first-order chi connectivity index (χ1) is 17.7. The summed E-state index contributed by atoms with van der Waals surface area (Å²) in [6.07, 6.45) is -2.23. The highest BCUT2D eigenvalue weighted by Gasteiger charge is 2.33. The molecule has 3 rings (SSSR count). The van der Waals surface area contributed by atoms with Gasteiger partial charge in [0.15, 0.2) is 9.84 Å². The van der Waals surface area contributed by atoms with Crippen molar-refractivity contribution in [2.75, 3.05) is 12.4 Å². The van der Waals surface area contributed by atoms with Crippen molar-refractivity contribution in [1.82, 2.24) is 0 Å². The predicted octanol–water partition coefficient (Wildman–Crippen LogP) is 5.31. The highest BCUT2D eigenvalue weighted by atomic mass is 32.2. The highest BCUT2D eigenvalue weighted by molar-refractivity contribution is 7.91. The Morgan fingerprint density at radius 3 is 2.08 bits per heavy atom. The standard InChI is InChI=1S/C28H34F3NO5S/c1-27(2,32)26(34)37-17-22(20-6-4-3-5-7-20)16-25(33)21-10-8-19(9-11-21)18-38(35,36)24-14-12-23(13-15-24)28(29,30)31/h3-7,12-15,19,21-22H,8-11,16-18,32H2,1-2H3/t19?,21?,22-/m1/s1. The minimum absolute atomic E-state index is 0.0237. The van der Waals surface area contributed by atoms with Gasteiger partial charge in [-0.2, -0.15) is 13.2 Å². The van der Waals surface area contributed by atoms with Gasteiger partial charge in [-0.3, -0.25) is 9.59 Å². The van der Waals surface area contributed by atoms with Gasteiger partial charge in [0.05, 0.1) is 22.8 Å². The fourth-order valence-electron chi connectivity index (χ4n) is 4.68. The minimum Gasteiger partial charge on any atom is -0.464 e. The van der Waals surface area contributed by atoms with Crippen molar-refractivity contribution >= 4 is 21.6 Å². The Hall–Kier alpha value is -2.72. The molecule has 2 aromatic rings. The molecule has 0 aromatic heterocycles. The van der Waals surface area contributed by atoms with Crippen LogP contribution in [0.15, 0.2) is 59.5 Å². The van der Waals surface area contributed by atoms with Crippen LogP contribution in [-0.4, -0.2) is 38.1 Å². The number of hydrogen-bond donors (Lipinski definition) is 1. The number of benzene rings is 2. The Morgan fingerprint density at radius 1 is 0.974 bits per heavy atom. The third-order valence-corrected chi connectivity index (χ3v) is 8.86. The SMILES string of the molecule is CC(C)(N)C(=O)OC[C@@H](CC(=O)C1CCC(CS(=O)(=O)c2ccc(C(F)(F)F)cc2)CC1)c1ccccc1. The molecule has 2 aromatic carbocycles. The van der Waals surface area contributed by atoms with Crippen molar-refractivity contribution < 1.29 is 35.9 Å². The van der Waals surface area contributed by atoms with Crippen molar-refractivity contribution in [1.29, 1.82) is 0 Å². The van der Waals surface area contributed by atoms with E-state index in [2.05, 4.69) is 0 Å². The second kappa shape index (κ2) is 12.0. The molecule has 0 unspecified atom stereocenters. The van der Waals surface area contributed by atoms with Crippen LogP contribution in [0, 0.1) is 11.8 Å². The lowest BCUT2D eigenvalue weighted by molar-refractivity contribution is -0.149. The van der Waals surface area contributed by atoms with E-state index in [9.17, 15) is 31.2 Å². The molecule has 0 aliphatic heterocycles. The lowest BCUT2D eigenvalue weighted by Gasteiger charge is -2.29. The summed E-state index contributed by atoms with van der Waals surface area (Å²) in [4.78, 5) is 25.2. The summed E-state index contributed by atoms with van der Waals surface area (Å²) in [5, 5.41) is 0. The van der Waals surface area contributed by atoms with Crippen LogP contribution in [0.2, 0.25) is 0 Å². The summed E-state index contributed by atoms with van der Waals surface area (Å²) >= 11 is 0. The maximum absolute atomic E-state index is 13.2. The normalized spacial score (nSPS) is 19.5. The number of ether oxygens (including phenoxy) is 1. The molecular formula is C28H34F3NO5S. The second-order valence-electron chi connectivity index (χ2n) is 10.6. The molecule has 0 radical (unpaired) electrons. The van der Waals surface area contributed by atoms with Crippen molar-refractivity contribution in [3.8, 4) is 0 Å². The van der Waals surface area contributed by atoms with Gasteiger partial charge in [0.25, 0.3) is 0 Å². The van der Waals surface area contributed by atoms with Crippen LogP contribution in [0.4, 0.5) is 13.2 Å². The summed E-state index contributed by atoms with van der Waals surface area (Å²) in [6, 6.07) is 12.9. The van der Waals surface area contributed by atoms with Gasteiger partial charge in [-0.05, 0) is 75.3 Å². The van der Waals surface area contributed by atoms with Crippen molar-refractivity contribution in [2.45, 2.75) is 68.5 Å². The Bertz CT molecular complexity index is 1200. The van der Waals surface area contributed by atoms with Crippen LogP contribution >= 0.6 is 0 Å². The molecule has 1 fully saturated rings. The molecule has 2 N–H and O–H groups in total. The van der Waals surface area contributed by atoms with Crippen LogP contribution in [0.5, 0.6) is 0 Å². The summed E-state index contributed by atoms with van der Waals surface area (Å²) in [7, 11) is -3.75. The van der Waals surface area contributed by atoms with E-state index >= 15 is 0 Å². The molecule has 6 nitrogen and oxygen atoms in total. The number of nitrogens with two attached hydrogens (primary N) is 1. The van der Waals surface area contributed by atoms with Crippen LogP contribution < -0.4 is 5.73 Å². The average molecular weight is 554 g/mol. The van der Waals surface area contributed by atoms with E-state index in [4.69, 9.17) is 10.5 Å². The van der Waals surface area contributed by atoms with E-state index < -0.39 is 33.1 Å². The molecule has 0 bridgehead atoms. The number of hydrogen-bond acceptors (Lipinski definition) is 6. The molecule has 10 heteroatoms. The molecule has 0 heterocycles. The quantitative estimate of drug-likeness (QED) is 0.400. The number of carbonyl (C=O) groups excluding carboxylic acids is 2. The number of ketones is 1. The summed E-state index contributed by atoms with van der Waals surface area (Å²) in [6.45, 7) is 3.12. The summed E-state index contributed by atoms with van der Waals surface area (Å²) in [5.74, 6) is -1.42. The smallest absolute Gasteiger partial charge is 0.416 e. The first-order valence-electron chi connectivity index (χ1n) is 12.6. The Morgan fingerprint density at radius 2 is 1.55 bits per heavy atom. The lowest BCUT2D eigenvalue weighted by Crippen LogP contribution is -2.43. The first-order valence-corrected chi connectivity index (χ1v) is 14.3. The van der Waals surface area contributed by atoms with Crippen molar-refractivity contribution in [3.05, 3.63) is 65.7 Å². The monoisotopic (exact) mass is 553 g/mol. The molecule has 208 valence electrons. The molecule has 0 amide bonds. The van der Waals surface area contributed by atoms with Crippen LogP contribution in [0.25, 0.3) is 0 Å². The van der Waals surface area contributed by atoms with Gasteiger partial charge in [0, 0.05) is 18.3 Å². The minimum atomic E-state index is -4.53. The number of carbonyl (C=O) groups is 2. The van der Waals surface area contributed by atoms with Gasteiger partial charge >= 0.3 is 12.1 Å². The third kappa shape index (κ3) is 8.14. The molecule has 0 saturated heterocycles. The number of sulfone groups is 1. The fraction of sp³-hybridized carbons (Fsp3) is 0.500. The van der Waals surface area contributed by atoms with Crippen molar-refractivity contribution in [3.63, 3.8) is 0 Å². The number of Topliss-reactive ketones (excluding diaryl/α,β-unsaturated/α-hetero) is 1. The van der Waals surface area contributed by atoms with Crippen LogP contribution in [0.1, 0.15) is 63.0 Å². The zero-order chi connectivity index (χ0) is 28.1. The number of halogens is 3. The zero-order valence-corrected chi connectivity index (χ0v) is 22.4. The topological polar surface area (TPSA) is 104 Å². The predicted molar refractivity (Wildman–Crippen MR) is 137 cm³/mol. The average Bonchev–Trinajstić information content (AvgIpc) is 2.86. The van der Waals surface area contributed by atoms with E-state index in [-0.39, 0.29) is 47.2 Å². The maximum Gasteiger partial charge on any atom is 0.416 e. The Labute approximate surface area is 221 Å². The Balaban J connectivity index is 1.57. The number of alkyl halides is 3. The van der Waals surface area contributed by atoms with Crippen LogP contribution in [-0.2, 0) is 30.3 Å². The fourth-order valence-corrected chi connectivity index (χ4v) is 6.38. The van der Waals surface area contributed by atoms with E-state index in [0.717, 1.165) is 29.8 Å². The van der Waals surface area contributed by atoms with Gasteiger partial charge in [0.1, 0.15) is 11.3 Å². The molecule has 1 atom stereocenters. The van der Waals surface area contributed by atoms with E-state index in [0.29, 0.717) is 25.7 Å². The molecule has 38 heavy (non-hydrogen) atoms. The largest absolute Gasteiger partial charge is 0.464 e. The molecule has 1 aliphatic carbocycles. The molecular weight excluding hydrogens is 519 g/mol. The summed E-state index contributed by atoms with van der Waals surface area (Å²) < 4.78 is 69.3. The van der Waals surface area contributed by atoms with E-state index in [1.807, 2.05) is 30.3 Å². The van der Waals surface area contributed by atoms with Gasteiger partial charge in [-0.15, -0.1) is 0 Å². The van der Waals surface area contributed by atoms with Crippen LogP contribution in [0.3, 0.4) is 0 Å².